The molecule has 1 atom stereocenters. The lowest BCUT2D eigenvalue weighted by molar-refractivity contribution is -0.118. The van der Waals surface area contributed by atoms with Crippen molar-refractivity contribution in [3.05, 3.63) is 47.0 Å². The summed E-state index contributed by atoms with van der Waals surface area (Å²) in [4.78, 5) is 14.9. The Morgan fingerprint density at radius 2 is 1.91 bits per heavy atom. The summed E-state index contributed by atoms with van der Waals surface area (Å²) in [7, 11) is 0. The summed E-state index contributed by atoms with van der Waals surface area (Å²) >= 11 is 0. The zero-order valence-corrected chi connectivity index (χ0v) is 13.8. The first kappa shape index (κ1) is 14.9. The van der Waals surface area contributed by atoms with Crippen LogP contribution in [-0.2, 0) is 17.6 Å². The average Bonchev–Trinajstić information content (AvgIpc) is 3.24. The Hall–Kier alpha value is -1.61. The highest BCUT2D eigenvalue weighted by atomic mass is 16.1. The van der Waals surface area contributed by atoms with Gasteiger partial charge in [0.15, 0.2) is 0 Å². The van der Waals surface area contributed by atoms with E-state index in [1.807, 2.05) is 0 Å². The van der Waals surface area contributed by atoms with Gasteiger partial charge in [0, 0.05) is 24.2 Å². The third-order valence-corrected chi connectivity index (χ3v) is 5.67. The number of carbonyl (C=O) groups is 1. The smallest absolute Gasteiger partial charge is 0.247 e. The van der Waals surface area contributed by atoms with Gasteiger partial charge in [-0.2, -0.15) is 0 Å². The molecule has 0 unspecified atom stereocenters. The third kappa shape index (κ3) is 3.20. The molecule has 1 amide bonds. The van der Waals surface area contributed by atoms with Crippen LogP contribution >= 0.6 is 0 Å². The van der Waals surface area contributed by atoms with Gasteiger partial charge >= 0.3 is 0 Å². The molecule has 0 bridgehead atoms. The van der Waals surface area contributed by atoms with Crippen molar-refractivity contribution in [2.24, 2.45) is 0 Å². The molecule has 23 heavy (non-hydrogen) atoms. The predicted octanol–water partition coefficient (Wildman–Crippen LogP) is 2.84. The van der Waals surface area contributed by atoms with Crippen LogP contribution in [0.3, 0.4) is 0 Å². The normalized spacial score (nSPS) is 25.2. The molecule has 1 aromatic rings. The summed E-state index contributed by atoms with van der Waals surface area (Å²) in [5.41, 5.74) is 4.04. The minimum Gasteiger partial charge on any atom is -0.348 e. The number of hydrogen-bond donors (Lipinski definition) is 1. The molecule has 2 aliphatic carbocycles. The van der Waals surface area contributed by atoms with Crippen LogP contribution in [-0.4, -0.2) is 36.0 Å². The van der Waals surface area contributed by atoms with E-state index in [0.717, 1.165) is 37.8 Å². The summed E-state index contributed by atoms with van der Waals surface area (Å²) in [6, 6.07) is 9.78. The Morgan fingerprint density at radius 1 is 1.13 bits per heavy atom. The first-order valence-electron chi connectivity index (χ1n) is 9.10. The van der Waals surface area contributed by atoms with E-state index in [1.54, 1.807) is 0 Å². The number of rotatable bonds is 3. The lowest BCUT2D eigenvalue weighted by Gasteiger charge is -2.37. The number of carbonyl (C=O) groups excluding carboxylic acids is 1. The molecule has 1 aromatic carbocycles. The van der Waals surface area contributed by atoms with Crippen LogP contribution in [0.2, 0.25) is 0 Å². The van der Waals surface area contributed by atoms with E-state index < -0.39 is 0 Å². The fourth-order valence-corrected chi connectivity index (χ4v) is 4.40. The maximum absolute atomic E-state index is 12.3. The van der Waals surface area contributed by atoms with Crippen molar-refractivity contribution in [1.82, 2.24) is 10.2 Å². The Kier molecular flexibility index (Phi) is 4.21. The standard InChI is InChI=1S/C20H26N2O/c23-20(15-6-1-2-7-15)21-18-10-5-11-22(14-18)19-12-16-8-3-4-9-17(16)13-19/h3-4,6,8-9,18-19H,1-2,5,7,10-14H2,(H,21,23)/t18-/m1/s1. The number of benzene rings is 1. The molecule has 0 aromatic heterocycles. The average molecular weight is 310 g/mol. The molecule has 1 aliphatic heterocycles. The van der Waals surface area contributed by atoms with Gasteiger partial charge in [-0.05, 0) is 62.6 Å². The number of fused-ring (bicyclic) bond motifs is 1. The highest BCUT2D eigenvalue weighted by Crippen LogP contribution is 2.27. The van der Waals surface area contributed by atoms with E-state index in [1.165, 1.54) is 36.9 Å². The topological polar surface area (TPSA) is 32.3 Å². The predicted molar refractivity (Wildman–Crippen MR) is 92.3 cm³/mol. The second kappa shape index (κ2) is 6.48. The molecule has 0 radical (unpaired) electrons. The maximum atomic E-state index is 12.3. The zero-order valence-electron chi connectivity index (χ0n) is 13.8. The SMILES string of the molecule is O=C(N[C@@H]1CCCN(C2Cc3ccccc3C2)C1)C1=CCCC1. The molecule has 1 fully saturated rings. The van der Waals surface area contributed by atoms with Crippen molar-refractivity contribution in [3.8, 4) is 0 Å². The summed E-state index contributed by atoms with van der Waals surface area (Å²) in [5.74, 6) is 0.184. The van der Waals surface area contributed by atoms with Crippen LogP contribution in [0.25, 0.3) is 0 Å². The van der Waals surface area contributed by atoms with Gasteiger partial charge in [-0.25, -0.2) is 0 Å². The van der Waals surface area contributed by atoms with Crippen LogP contribution < -0.4 is 5.32 Å². The lowest BCUT2D eigenvalue weighted by atomic mass is 10.0. The fraction of sp³-hybridized carbons (Fsp3) is 0.550. The summed E-state index contributed by atoms with van der Waals surface area (Å²) < 4.78 is 0. The third-order valence-electron chi connectivity index (χ3n) is 5.67. The van der Waals surface area contributed by atoms with Gasteiger partial charge < -0.3 is 5.32 Å². The number of allylic oxidation sites excluding steroid dienone is 1. The molecule has 3 heteroatoms. The zero-order chi connectivity index (χ0) is 15.6. The number of likely N-dealkylation sites (tertiary alicyclic amines) is 1. The Labute approximate surface area is 138 Å². The quantitative estimate of drug-likeness (QED) is 0.931. The molecule has 1 saturated heterocycles. The summed E-state index contributed by atoms with van der Waals surface area (Å²) in [6.45, 7) is 2.19. The van der Waals surface area contributed by atoms with Crippen LogP contribution in [0.5, 0.6) is 0 Å². The van der Waals surface area contributed by atoms with E-state index in [-0.39, 0.29) is 5.91 Å². The first-order chi connectivity index (χ1) is 11.3. The molecule has 1 N–H and O–H groups in total. The van der Waals surface area contributed by atoms with E-state index in [4.69, 9.17) is 0 Å². The van der Waals surface area contributed by atoms with Gasteiger partial charge in [0.25, 0.3) is 0 Å². The Morgan fingerprint density at radius 3 is 2.61 bits per heavy atom. The van der Waals surface area contributed by atoms with Crippen LogP contribution in [0.15, 0.2) is 35.9 Å². The molecular weight excluding hydrogens is 284 g/mol. The van der Waals surface area contributed by atoms with Gasteiger partial charge in [-0.15, -0.1) is 0 Å². The van der Waals surface area contributed by atoms with Crippen LogP contribution in [0, 0.1) is 0 Å². The minimum atomic E-state index is 0.184. The monoisotopic (exact) mass is 310 g/mol. The van der Waals surface area contributed by atoms with Crippen molar-refractivity contribution in [1.29, 1.82) is 0 Å². The fourth-order valence-electron chi connectivity index (χ4n) is 4.40. The van der Waals surface area contributed by atoms with Crippen molar-refractivity contribution < 1.29 is 4.79 Å². The maximum Gasteiger partial charge on any atom is 0.247 e. The molecule has 0 spiro atoms. The number of nitrogens with one attached hydrogen (secondary N) is 1. The molecule has 122 valence electrons. The van der Waals surface area contributed by atoms with Gasteiger partial charge in [-0.1, -0.05) is 30.3 Å². The molecular formula is C20H26N2O. The van der Waals surface area contributed by atoms with Crippen LogP contribution in [0.1, 0.15) is 43.2 Å². The Balaban J connectivity index is 1.35. The number of nitrogens with zero attached hydrogens (tertiary/aromatic N) is 1. The summed E-state index contributed by atoms with van der Waals surface area (Å²) in [6.07, 6.45) is 9.93. The Bertz CT molecular complexity index is 597. The van der Waals surface area contributed by atoms with Crippen molar-refractivity contribution >= 4 is 5.91 Å². The molecule has 3 nitrogen and oxygen atoms in total. The van der Waals surface area contributed by atoms with E-state index in [0.29, 0.717) is 12.1 Å². The second-order valence-electron chi connectivity index (χ2n) is 7.26. The minimum absolute atomic E-state index is 0.184. The van der Waals surface area contributed by atoms with Gasteiger partial charge in [0.1, 0.15) is 0 Å². The van der Waals surface area contributed by atoms with Crippen molar-refractivity contribution in [2.75, 3.05) is 13.1 Å². The lowest BCUT2D eigenvalue weighted by Crippen LogP contribution is -2.51. The van der Waals surface area contributed by atoms with Crippen molar-refractivity contribution in [2.45, 2.75) is 57.0 Å². The van der Waals surface area contributed by atoms with Crippen LogP contribution in [0.4, 0.5) is 0 Å². The van der Waals surface area contributed by atoms with E-state index >= 15 is 0 Å². The second-order valence-corrected chi connectivity index (χ2v) is 7.26. The molecule has 0 saturated carbocycles. The highest BCUT2D eigenvalue weighted by molar-refractivity contribution is 5.93. The number of amides is 1. The van der Waals surface area contributed by atoms with E-state index in [2.05, 4.69) is 40.6 Å². The highest BCUT2D eigenvalue weighted by Gasteiger charge is 2.31. The first-order valence-corrected chi connectivity index (χ1v) is 9.10. The molecule has 3 aliphatic rings. The number of piperidine rings is 1. The van der Waals surface area contributed by atoms with Gasteiger partial charge in [-0.3, -0.25) is 9.69 Å². The number of hydrogen-bond acceptors (Lipinski definition) is 2. The van der Waals surface area contributed by atoms with Crippen molar-refractivity contribution in [3.63, 3.8) is 0 Å². The molecule has 1 heterocycles. The summed E-state index contributed by atoms with van der Waals surface area (Å²) in [5, 5.41) is 3.29. The largest absolute Gasteiger partial charge is 0.348 e. The molecule has 4 rings (SSSR count). The van der Waals surface area contributed by atoms with Gasteiger partial charge in [0.05, 0.1) is 0 Å². The van der Waals surface area contributed by atoms with Gasteiger partial charge in [0.2, 0.25) is 5.91 Å². The van der Waals surface area contributed by atoms with E-state index in [9.17, 15) is 4.79 Å².